The van der Waals surface area contributed by atoms with Crippen molar-refractivity contribution in [2.45, 2.75) is 27.3 Å². The van der Waals surface area contributed by atoms with Gasteiger partial charge in [0.15, 0.2) is 0 Å². The van der Waals surface area contributed by atoms with E-state index in [0.717, 1.165) is 27.5 Å². The molecule has 9 heteroatoms. The molecule has 0 spiro atoms. The van der Waals surface area contributed by atoms with E-state index in [-0.39, 0.29) is 17.1 Å². The molecule has 0 unspecified atom stereocenters. The molecule has 0 aliphatic heterocycles. The van der Waals surface area contributed by atoms with Gasteiger partial charge in [0, 0.05) is 16.8 Å². The van der Waals surface area contributed by atoms with Gasteiger partial charge in [-0.3, -0.25) is 14.2 Å². The van der Waals surface area contributed by atoms with E-state index in [0.29, 0.717) is 21.7 Å². The Kier molecular flexibility index (Phi) is 4.84. The predicted molar refractivity (Wildman–Crippen MR) is 113 cm³/mol. The Balaban J connectivity index is 1.73. The number of aryl methyl sites for hydroxylation is 3. The number of nitrogens with zero attached hydrogens (tertiary/aromatic N) is 3. The number of carbonyl (C=O) groups is 1. The normalized spacial score (nSPS) is 11.3. The molecule has 4 rings (SSSR count). The summed E-state index contributed by atoms with van der Waals surface area (Å²) in [5.41, 5.74) is 2.54. The van der Waals surface area contributed by atoms with Gasteiger partial charge >= 0.3 is 0 Å². The summed E-state index contributed by atoms with van der Waals surface area (Å²) >= 11 is 7.02. The van der Waals surface area contributed by atoms with Gasteiger partial charge in [-0.15, -0.1) is 11.3 Å². The van der Waals surface area contributed by atoms with Gasteiger partial charge in [-0.25, -0.2) is 14.4 Å². The van der Waals surface area contributed by atoms with E-state index in [4.69, 9.17) is 11.6 Å². The first kappa shape index (κ1) is 19.5. The summed E-state index contributed by atoms with van der Waals surface area (Å²) in [6.07, 6.45) is 0. The minimum atomic E-state index is -0.574. The van der Waals surface area contributed by atoms with Crippen LogP contribution >= 0.6 is 22.9 Å². The maximum absolute atomic E-state index is 13.3. The van der Waals surface area contributed by atoms with Crippen LogP contribution in [0.25, 0.3) is 20.4 Å². The Morgan fingerprint density at radius 3 is 2.72 bits per heavy atom. The molecule has 148 valence electrons. The molecule has 0 fully saturated rings. The van der Waals surface area contributed by atoms with Gasteiger partial charge in [-0.05, 0) is 50.6 Å². The number of rotatable bonds is 3. The van der Waals surface area contributed by atoms with E-state index >= 15 is 0 Å². The van der Waals surface area contributed by atoms with Crippen molar-refractivity contribution in [3.8, 4) is 0 Å². The molecule has 1 N–H and O–H groups in total. The van der Waals surface area contributed by atoms with Gasteiger partial charge in [-0.1, -0.05) is 11.6 Å². The number of amides is 1. The first-order valence-electron chi connectivity index (χ1n) is 8.77. The van der Waals surface area contributed by atoms with E-state index in [1.165, 1.54) is 28.0 Å². The van der Waals surface area contributed by atoms with Gasteiger partial charge in [0.1, 0.15) is 27.7 Å². The number of nitrogens with one attached hydrogen (secondary N) is 1. The number of pyridine rings is 1. The lowest BCUT2D eigenvalue weighted by atomic mass is 10.1. The maximum Gasteiger partial charge on any atom is 0.272 e. The van der Waals surface area contributed by atoms with E-state index in [2.05, 4.69) is 15.3 Å². The highest BCUT2D eigenvalue weighted by atomic mass is 35.5. The van der Waals surface area contributed by atoms with Crippen molar-refractivity contribution in [2.24, 2.45) is 0 Å². The zero-order valence-corrected chi connectivity index (χ0v) is 17.4. The Morgan fingerprint density at radius 2 is 2.00 bits per heavy atom. The molecule has 3 heterocycles. The summed E-state index contributed by atoms with van der Waals surface area (Å²) in [5.74, 6) is -0.588. The van der Waals surface area contributed by atoms with Crippen LogP contribution < -0.4 is 10.9 Å². The number of anilines is 1. The summed E-state index contributed by atoms with van der Waals surface area (Å²) < 4.78 is 15.1. The molecule has 0 aliphatic carbocycles. The molecule has 29 heavy (non-hydrogen) atoms. The highest BCUT2D eigenvalue weighted by Gasteiger charge is 2.18. The van der Waals surface area contributed by atoms with Crippen LogP contribution in [-0.2, 0) is 11.3 Å². The molecule has 0 saturated heterocycles. The monoisotopic (exact) mass is 430 g/mol. The zero-order valence-electron chi connectivity index (χ0n) is 15.8. The summed E-state index contributed by atoms with van der Waals surface area (Å²) in [5, 5.41) is 3.39. The third kappa shape index (κ3) is 3.49. The lowest BCUT2D eigenvalue weighted by molar-refractivity contribution is -0.116. The standard InChI is InChI=1S/C20H16ClFN4O2S/c1-9-6-10(2)23-19-16(9)17-18(29-19)20(28)26(11(3)24-17)8-15(27)25-12-4-5-14(22)13(21)7-12/h4-7H,8H2,1-3H3,(H,25,27). The van der Waals surface area contributed by atoms with Crippen molar-refractivity contribution in [3.05, 3.63) is 62.5 Å². The molecule has 1 amide bonds. The van der Waals surface area contributed by atoms with Crippen LogP contribution in [0.4, 0.5) is 10.1 Å². The first-order valence-corrected chi connectivity index (χ1v) is 9.97. The molecule has 3 aromatic heterocycles. The Hall–Kier alpha value is -2.84. The average Bonchev–Trinajstić information content (AvgIpc) is 3.00. The Labute approximate surface area is 174 Å². The third-order valence-corrected chi connectivity index (χ3v) is 5.92. The number of fused-ring (bicyclic) bond motifs is 3. The van der Waals surface area contributed by atoms with Crippen molar-refractivity contribution >= 4 is 55.0 Å². The molecular weight excluding hydrogens is 415 g/mol. The van der Waals surface area contributed by atoms with Gasteiger partial charge in [0.25, 0.3) is 5.56 Å². The van der Waals surface area contributed by atoms with Gasteiger partial charge < -0.3 is 5.32 Å². The van der Waals surface area contributed by atoms with E-state index in [9.17, 15) is 14.0 Å². The molecule has 1 aromatic carbocycles. The molecule has 0 saturated carbocycles. The van der Waals surface area contributed by atoms with Crippen molar-refractivity contribution in [1.29, 1.82) is 0 Å². The van der Waals surface area contributed by atoms with Crippen molar-refractivity contribution in [2.75, 3.05) is 5.32 Å². The summed E-state index contributed by atoms with van der Waals surface area (Å²) in [7, 11) is 0. The number of halogens is 2. The second-order valence-corrected chi connectivity index (χ2v) is 8.17. The van der Waals surface area contributed by atoms with Crippen LogP contribution in [0.15, 0.2) is 29.1 Å². The fourth-order valence-electron chi connectivity index (χ4n) is 3.27. The number of hydrogen-bond donors (Lipinski definition) is 1. The first-order chi connectivity index (χ1) is 13.7. The fraction of sp³-hybridized carbons (Fsp3) is 0.200. The number of thiophene rings is 1. The van der Waals surface area contributed by atoms with Crippen LogP contribution in [0.3, 0.4) is 0 Å². The van der Waals surface area contributed by atoms with Crippen molar-refractivity contribution in [1.82, 2.24) is 14.5 Å². The minimum Gasteiger partial charge on any atom is -0.324 e. The van der Waals surface area contributed by atoms with Crippen LogP contribution in [0.5, 0.6) is 0 Å². The zero-order chi connectivity index (χ0) is 20.9. The predicted octanol–water partition coefficient (Wildman–Crippen LogP) is 4.36. The Morgan fingerprint density at radius 1 is 1.24 bits per heavy atom. The largest absolute Gasteiger partial charge is 0.324 e. The third-order valence-electron chi connectivity index (χ3n) is 4.57. The van der Waals surface area contributed by atoms with Gasteiger partial charge in [0.05, 0.1) is 10.5 Å². The van der Waals surface area contributed by atoms with Gasteiger partial charge in [0.2, 0.25) is 5.91 Å². The molecule has 6 nitrogen and oxygen atoms in total. The van der Waals surface area contributed by atoms with Crippen molar-refractivity contribution in [3.63, 3.8) is 0 Å². The van der Waals surface area contributed by atoms with E-state index in [1.807, 2.05) is 19.9 Å². The van der Waals surface area contributed by atoms with E-state index in [1.54, 1.807) is 6.92 Å². The highest BCUT2D eigenvalue weighted by molar-refractivity contribution is 7.25. The second-order valence-electron chi connectivity index (χ2n) is 6.77. The van der Waals surface area contributed by atoms with Crippen LogP contribution in [-0.4, -0.2) is 20.4 Å². The van der Waals surface area contributed by atoms with Crippen LogP contribution in [0.1, 0.15) is 17.1 Å². The quantitative estimate of drug-likeness (QED) is 0.523. The SMILES string of the molecule is Cc1cc(C)c2c(n1)sc1c(=O)n(CC(=O)Nc3ccc(F)c(Cl)c3)c(C)nc12. The maximum atomic E-state index is 13.3. The molecule has 0 atom stereocenters. The van der Waals surface area contributed by atoms with E-state index < -0.39 is 11.7 Å². The lowest BCUT2D eigenvalue weighted by Crippen LogP contribution is -2.29. The molecule has 0 aliphatic rings. The second kappa shape index (κ2) is 7.20. The topological polar surface area (TPSA) is 76.9 Å². The highest BCUT2D eigenvalue weighted by Crippen LogP contribution is 2.32. The molecule has 4 aromatic rings. The molecule has 0 bridgehead atoms. The minimum absolute atomic E-state index is 0.0947. The molecule has 0 radical (unpaired) electrons. The Bertz CT molecular complexity index is 1360. The number of hydrogen-bond acceptors (Lipinski definition) is 5. The van der Waals surface area contributed by atoms with Crippen molar-refractivity contribution < 1.29 is 9.18 Å². The number of carbonyl (C=O) groups excluding carboxylic acids is 1. The smallest absolute Gasteiger partial charge is 0.272 e. The average molecular weight is 431 g/mol. The van der Waals surface area contributed by atoms with Crippen LogP contribution in [0, 0.1) is 26.6 Å². The summed E-state index contributed by atoms with van der Waals surface area (Å²) in [4.78, 5) is 35.4. The lowest BCUT2D eigenvalue weighted by Gasteiger charge is -2.10. The fourth-order valence-corrected chi connectivity index (χ4v) is 4.64. The molecular formula is C20H16ClFN4O2S. The summed E-state index contributed by atoms with van der Waals surface area (Å²) in [6, 6.07) is 5.84. The summed E-state index contributed by atoms with van der Waals surface area (Å²) in [6.45, 7) is 5.33. The van der Waals surface area contributed by atoms with Gasteiger partial charge in [-0.2, -0.15) is 0 Å². The van der Waals surface area contributed by atoms with Crippen LogP contribution in [0.2, 0.25) is 5.02 Å². The number of benzene rings is 1. The number of aromatic nitrogens is 3.